The Labute approximate surface area is 72.9 Å². The standard InChI is InChI=1S/C10H13Cl/c1-7-9-5-3-2-4-8(9)6-10(7)11/h5,8,10H,1-4,6H2. The molecule has 0 aromatic rings. The van der Waals surface area contributed by atoms with Crippen molar-refractivity contribution in [3.05, 3.63) is 23.8 Å². The van der Waals surface area contributed by atoms with Gasteiger partial charge in [-0.05, 0) is 42.7 Å². The van der Waals surface area contributed by atoms with Crippen molar-refractivity contribution in [2.75, 3.05) is 0 Å². The maximum atomic E-state index is 6.10. The predicted molar refractivity (Wildman–Crippen MR) is 48.8 cm³/mol. The summed E-state index contributed by atoms with van der Waals surface area (Å²) in [5.41, 5.74) is 2.66. The third-order valence-corrected chi connectivity index (χ3v) is 3.24. The Balaban J connectivity index is 2.27. The topological polar surface area (TPSA) is 0 Å². The number of hydrogen-bond donors (Lipinski definition) is 0. The molecule has 2 atom stereocenters. The van der Waals surface area contributed by atoms with Gasteiger partial charge in [0.1, 0.15) is 0 Å². The van der Waals surface area contributed by atoms with Crippen molar-refractivity contribution in [2.45, 2.75) is 31.1 Å². The van der Waals surface area contributed by atoms with Crippen LogP contribution >= 0.6 is 11.6 Å². The van der Waals surface area contributed by atoms with Crippen molar-refractivity contribution in [1.82, 2.24) is 0 Å². The Morgan fingerprint density at radius 2 is 2.36 bits per heavy atom. The first kappa shape index (κ1) is 7.42. The van der Waals surface area contributed by atoms with E-state index in [2.05, 4.69) is 12.7 Å². The van der Waals surface area contributed by atoms with Gasteiger partial charge in [-0.3, -0.25) is 0 Å². The zero-order valence-electron chi connectivity index (χ0n) is 6.65. The zero-order valence-corrected chi connectivity index (χ0v) is 7.40. The molecule has 2 aliphatic carbocycles. The third-order valence-electron chi connectivity index (χ3n) is 2.80. The lowest BCUT2D eigenvalue weighted by molar-refractivity contribution is 0.528. The van der Waals surface area contributed by atoms with E-state index in [1.165, 1.54) is 30.4 Å². The van der Waals surface area contributed by atoms with Crippen LogP contribution in [0.3, 0.4) is 0 Å². The molecule has 2 rings (SSSR count). The van der Waals surface area contributed by atoms with Crippen molar-refractivity contribution < 1.29 is 0 Å². The van der Waals surface area contributed by atoms with Crippen molar-refractivity contribution in [3.63, 3.8) is 0 Å². The van der Waals surface area contributed by atoms with Gasteiger partial charge < -0.3 is 0 Å². The van der Waals surface area contributed by atoms with Crippen LogP contribution in [0.15, 0.2) is 23.8 Å². The molecule has 2 unspecified atom stereocenters. The second kappa shape index (κ2) is 2.67. The molecule has 11 heavy (non-hydrogen) atoms. The lowest BCUT2D eigenvalue weighted by atomic mass is 9.89. The van der Waals surface area contributed by atoms with E-state index in [9.17, 15) is 0 Å². The van der Waals surface area contributed by atoms with Gasteiger partial charge in [-0.25, -0.2) is 0 Å². The minimum atomic E-state index is 0.226. The molecular formula is C10H13Cl. The van der Waals surface area contributed by atoms with Gasteiger partial charge in [0.2, 0.25) is 0 Å². The first-order valence-corrected chi connectivity index (χ1v) is 4.76. The average molecular weight is 169 g/mol. The van der Waals surface area contributed by atoms with Crippen LogP contribution in [-0.2, 0) is 0 Å². The van der Waals surface area contributed by atoms with Crippen LogP contribution in [-0.4, -0.2) is 5.38 Å². The predicted octanol–water partition coefficient (Wildman–Crippen LogP) is 3.28. The molecule has 0 nitrogen and oxygen atoms in total. The Bertz CT molecular complexity index is 215. The minimum absolute atomic E-state index is 0.226. The largest absolute Gasteiger partial charge is 0.118 e. The third kappa shape index (κ3) is 1.14. The van der Waals surface area contributed by atoms with Crippen molar-refractivity contribution in [1.29, 1.82) is 0 Å². The fourth-order valence-electron chi connectivity index (χ4n) is 2.15. The molecule has 0 saturated heterocycles. The number of allylic oxidation sites excluding steroid dienone is 3. The Morgan fingerprint density at radius 3 is 3.09 bits per heavy atom. The Morgan fingerprint density at radius 1 is 1.55 bits per heavy atom. The van der Waals surface area contributed by atoms with Gasteiger partial charge in [0.05, 0.1) is 5.38 Å². The Hall–Kier alpha value is -0.230. The van der Waals surface area contributed by atoms with Crippen LogP contribution < -0.4 is 0 Å². The quantitative estimate of drug-likeness (QED) is 0.487. The zero-order chi connectivity index (χ0) is 7.84. The van der Waals surface area contributed by atoms with E-state index < -0.39 is 0 Å². The molecule has 1 fully saturated rings. The Kier molecular flexibility index (Phi) is 1.80. The molecule has 0 N–H and O–H groups in total. The van der Waals surface area contributed by atoms with Gasteiger partial charge in [-0.15, -0.1) is 11.6 Å². The summed E-state index contributed by atoms with van der Waals surface area (Å²) < 4.78 is 0. The second-order valence-corrected chi connectivity index (χ2v) is 4.04. The summed E-state index contributed by atoms with van der Waals surface area (Å²) >= 11 is 6.10. The lowest BCUT2D eigenvalue weighted by Gasteiger charge is -2.16. The average Bonchev–Trinajstić information content (AvgIpc) is 2.30. The fraction of sp³-hybridized carbons (Fsp3) is 0.600. The smallest absolute Gasteiger partial charge is 0.0588 e. The molecule has 0 aliphatic heterocycles. The molecule has 1 saturated carbocycles. The van der Waals surface area contributed by atoms with Gasteiger partial charge in [0.25, 0.3) is 0 Å². The highest BCUT2D eigenvalue weighted by Gasteiger charge is 2.31. The SMILES string of the molecule is C=C1C2=CCCCC2CC1Cl. The summed E-state index contributed by atoms with van der Waals surface area (Å²) in [5, 5.41) is 0.226. The van der Waals surface area contributed by atoms with Gasteiger partial charge in [0, 0.05) is 0 Å². The molecule has 0 spiro atoms. The number of hydrogen-bond acceptors (Lipinski definition) is 0. The van der Waals surface area contributed by atoms with E-state index in [0.29, 0.717) is 0 Å². The molecule has 0 amide bonds. The lowest BCUT2D eigenvalue weighted by Crippen LogP contribution is -2.01. The molecule has 1 heteroatoms. The molecule has 0 heterocycles. The van der Waals surface area contributed by atoms with Crippen LogP contribution in [0.2, 0.25) is 0 Å². The van der Waals surface area contributed by atoms with Gasteiger partial charge in [-0.2, -0.15) is 0 Å². The highest BCUT2D eigenvalue weighted by atomic mass is 35.5. The number of alkyl halides is 1. The summed E-state index contributed by atoms with van der Waals surface area (Å²) in [6.45, 7) is 4.02. The molecule has 60 valence electrons. The molecule has 0 aromatic heterocycles. The fourth-order valence-corrected chi connectivity index (χ4v) is 2.50. The van der Waals surface area contributed by atoms with Crippen LogP contribution in [0.25, 0.3) is 0 Å². The monoisotopic (exact) mass is 168 g/mol. The molecular weight excluding hydrogens is 156 g/mol. The first-order valence-electron chi connectivity index (χ1n) is 4.32. The van der Waals surface area contributed by atoms with E-state index in [0.717, 1.165) is 12.3 Å². The maximum absolute atomic E-state index is 6.10. The summed E-state index contributed by atoms with van der Waals surface area (Å²) in [5.74, 6) is 0.749. The molecule has 0 bridgehead atoms. The van der Waals surface area contributed by atoms with E-state index in [-0.39, 0.29) is 5.38 Å². The highest BCUT2D eigenvalue weighted by Crippen LogP contribution is 2.43. The normalized spacial score (nSPS) is 36.8. The van der Waals surface area contributed by atoms with Crippen LogP contribution in [0, 0.1) is 5.92 Å². The van der Waals surface area contributed by atoms with Crippen LogP contribution in [0.4, 0.5) is 0 Å². The second-order valence-electron chi connectivity index (χ2n) is 3.52. The van der Waals surface area contributed by atoms with Crippen molar-refractivity contribution in [2.24, 2.45) is 5.92 Å². The molecule has 2 aliphatic rings. The summed E-state index contributed by atoms with van der Waals surface area (Å²) in [7, 11) is 0. The van der Waals surface area contributed by atoms with Gasteiger partial charge in [0.15, 0.2) is 0 Å². The van der Waals surface area contributed by atoms with Crippen LogP contribution in [0.1, 0.15) is 25.7 Å². The van der Waals surface area contributed by atoms with Crippen LogP contribution in [0.5, 0.6) is 0 Å². The summed E-state index contributed by atoms with van der Waals surface area (Å²) in [6.07, 6.45) is 7.36. The van der Waals surface area contributed by atoms with Crippen molar-refractivity contribution >= 4 is 11.6 Å². The number of fused-ring (bicyclic) bond motifs is 1. The summed E-state index contributed by atoms with van der Waals surface area (Å²) in [4.78, 5) is 0. The number of rotatable bonds is 0. The molecule has 0 aromatic carbocycles. The van der Waals surface area contributed by atoms with E-state index in [4.69, 9.17) is 11.6 Å². The maximum Gasteiger partial charge on any atom is 0.0588 e. The molecule has 0 radical (unpaired) electrons. The number of halogens is 1. The van der Waals surface area contributed by atoms with Gasteiger partial charge >= 0.3 is 0 Å². The van der Waals surface area contributed by atoms with Gasteiger partial charge in [-0.1, -0.05) is 12.7 Å². The van der Waals surface area contributed by atoms with Crippen molar-refractivity contribution in [3.8, 4) is 0 Å². The highest BCUT2D eigenvalue weighted by molar-refractivity contribution is 6.23. The summed E-state index contributed by atoms with van der Waals surface area (Å²) in [6, 6.07) is 0. The minimum Gasteiger partial charge on any atom is -0.118 e. The van der Waals surface area contributed by atoms with E-state index in [1.807, 2.05) is 0 Å². The van der Waals surface area contributed by atoms with E-state index in [1.54, 1.807) is 0 Å². The first-order chi connectivity index (χ1) is 5.29. The van der Waals surface area contributed by atoms with E-state index >= 15 is 0 Å².